The van der Waals surface area contributed by atoms with Gasteiger partial charge in [0.05, 0.1) is 4.47 Å². The molecule has 0 radical (unpaired) electrons. The second-order valence-corrected chi connectivity index (χ2v) is 7.38. The van der Waals surface area contributed by atoms with Crippen molar-refractivity contribution in [2.75, 3.05) is 13.6 Å². The van der Waals surface area contributed by atoms with E-state index < -0.39 is 0 Å². The van der Waals surface area contributed by atoms with Crippen molar-refractivity contribution in [2.45, 2.75) is 50.9 Å². The first-order valence-electron chi connectivity index (χ1n) is 8.23. The molecule has 2 aliphatic rings. The van der Waals surface area contributed by atoms with Crippen molar-refractivity contribution in [1.82, 2.24) is 15.5 Å². The number of hydrogen-bond acceptors (Lipinski definition) is 2. The summed E-state index contributed by atoms with van der Waals surface area (Å²) in [5.41, 5.74) is 0.896. The molecule has 1 aromatic carbocycles. The van der Waals surface area contributed by atoms with Crippen molar-refractivity contribution in [3.63, 3.8) is 0 Å². The summed E-state index contributed by atoms with van der Waals surface area (Å²) in [6, 6.07) is 7.04. The van der Waals surface area contributed by atoms with Gasteiger partial charge in [0.25, 0.3) is 0 Å². The molecule has 4 nitrogen and oxygen atoms in total. The summed E-state index contributed by atoms with van der Waals surface area (Å²) in [5.74, 6) is 0.542. The lowest BCUT2D eigenvalue weighted by Gasteiger charge is -2.20. The molecule has 1 saturated carbocycles. The predicted octanol–water partition coefficient (Wildman–Crippen LogP) is 2.88. The minimum atomic E-state index is -0.239. The Morgan fingerprint density at radius 3 is 2.87 bits per heavy atom. The van der Waals surface area contributed by atoms with Crippen LogP contribution in [0.25, 0.3) is 0 Å². The van der Waals surface area contributed by atoms with Gasteiger partial charge in [-0.2, -0.15) is 0 Å². The Hall–Kier alpha value is -1.14. The Morgan fingerprint density at radius 1 is 1.43 bits per heavy atom. The molecular formula is C17H24BrFN4. The maximum absolute atomic E-state index is 13.6. The Kier molecular flexibility index (Phi) is 5.21. The molecule has 1 heterocycles. The number of rotatable bonds is 4. The van der Waals surface area contributed by atoms with Crippen LogP contribution in [0.3, 0.4) is 0 Å². The van der Waals surface area contributed by atoms with Crippen LogP contribution in [0.5, 0.6) is 0 Å². The largest absolute Gasteiger partial charge is 0.352 e. The van der Waals surface area contributed by atoms with Gasteiger partial charge in [0, 0.05) is 38.3 Å². The molecule has 3 rings (SSSR count). The molecule has 6 heteroatoms. The first-order chi connectivity index (χ1) is 11.1. The standard InChI is InChI=1S/C17H24BrFN4/c1-11-7-13(10-23(11)14-4-5-14)22-17(20-2)21-9-12-3-6-15(18)16(19)8-12/h3,6,8,11,13-14H,4-5,7,9-10H2,1-2H3,(H2,20,21,22). The van der Waals surface area contributed by atoms with Crippen LogP contribution in [-0.4, -0.2) is 42.6 Å². The third-order valence-corrected chi connectivity index (χ3v) is 5.29. The van der Waals surface area contributed by atoms with E-state index in [0.29, 0.717) is 23.1 Å². The minimum absolute atomic E-state index is 0.239. The molecule has 0 aromatic heterocycles. The van der Waals surface area contributed by atoms with Crippen molar-refractivity contribution >= 4 is 21.9 Å². The van der Waals surface area contributed by atoms with Crippen molar-refractivity contribution in [1.29, 1.82) is 0 Å². The number of guanidine groups is 1. The summed E-state index contributed by atoms with van der Waals surface area (Å²) in [6.45, 7) is 3.94. The lowest BCUT2D eigenvalue weighted by atomic mass is 10.2. The van der Waals surface area contributed by atoms with E-state index in [2.05, 4.69) is 43.4 Å². The molecule has 0 spiro atoms. The fourth-order valence-electron chi connectivity index (χ4n) is 3.30. The summed E-state index contributed by atoms with van der Waals surface area (Å²) < 4.78 is 14.0. The number of likely N-dealkylation sites (tertiary alicyclic amines) is 1. The Bertz CT molecular complexity index is 588. The number of nitrogens with one attached hydrogen (secondary N) is 2. The highest BCUT2D eigenvalue weighted by molar-refractivity contribution is 9.10. The summed E-state index contributed by atoms with van der Waals surface area (Å²) in [7, 11) is 1.77. The maximum Gasteiger partial charge on any atom is 0.191 e. The molecule has 1 aliphatic carbocycles. The quantitative estimate of drug-likeness (QED) is 0.621. The van der Waals surface area contributed by atoms with Gasteiger partial charge in [-0.15, -0.1) is 0 Å². The van der Waals surface area contributed by atoms with Crippen molar-refractivity contribution < 1.29 is 4.39 Å². The van der Waals surface area contributed by atoms with Crippen LogP contribution >= 0.6 is 15.9 Å². The Balaban J connectivity index is 1.51. The Morgan fingerprint density at radius 2 is 2.22 bits per heavy atom. The Labute approximate surface area is 145 Å². The average molecular weight is 383 g/mol. The zero-order valence-corrected chi connectivity index (χ0v) is 15.2. The van der Waals surface area contributed by atoms with Crippen molar-refractivity contribution in [3.8, 4) is 0 Å². The van der Waals surface area contributed by atoms with Crippen LogP contribution in [0, 0.1) is 5.82 Å². The predicted molar refractivity (Wildman–Crippen MR) is 95.0 cm³/mol. The van der Waals surface area contributed by atoms with Gasteiger partial charge in [-0.05, 0) is 59.8 Å². The van der Waals surface area contributed by atoms with Crippen molar-refractivity contribution in [2.24, 2.45) is 4.99 Å². The first-order valence-corrected chi connectivity index (χ1v) is 9.03. The highest BCUT2D eigenvalue weighted by Crippen LogP contribution is 2.33. The van der Waals surface area contributed by atoms with E-state index >= 15 is 0 Å². The molecule has 1 saturated heterocycles. The SMILES string of the molecule is CN=C(NCc1ccc(Br)c(F)c1)NC1CC(C)N(C2CC2)C1. The van der Waals surface area contributed by atoms with Gasteiger partial charge in [0.1, 0.15) is 5.82 Å². The van der Waals surface area contributed by atoms with Gasteiger partial charge < -0.3 is 10.6 Å². The summed E-state index contributed by atoms with van der Waals surface area (Å²) >= 11 is 3.17. The average Bonchev–Trinajstić information content (AvgIpc) is 3.30. The number of benzene rings is 1. The van der Waals surface area contributed by atoms with Crippen LogP contribution in [-0.2, 0) is 6.54 Å². The third kappa shape index (κ3) is 4.23. The molecular weight excluding hydrogens is 359 g/mol. The summed E-state index contributed by atoms with van der Waals surface area (Å²) in [5, 5.41) is 6.77. The van der Waals surface area contributed by atoms with Crippen LogP contribution < -0.4 is 10.6 Å². The number of aliphatic imine (C=N–C) groups is 1. The van der Waals surface area contributed by atoms with E-state index in [4.69, 9.17) is 0 Å². The molecule has 0 amide bonds. The normalized spacial score (nSPS) is 25.7. The van der Waals surface area contributed by atoms with Crippen molar-refractivity contribution in [3.05, 3.63) is 34.1 Å². The van der Waals surface area contributed by atoms with E-state index in [9.17, 15) is 4.39 Å². The second kappa shape index (κ2) is 7.18. The van der Waals surface area contributed by atoms with Crippen LogP contribution in [0.2, 0.25) is 0 Å². The topological polar surface area (TPSA) is 39.7 Å². The zero-order chi connectivity index (χ0) is 16.4. The number of nitrogens with zero attached hydrogens (tertiary/aromatic N) is 2. The van der Waals surface area contributed by atoms with E-state index in [1.807, 2.05) is 6.07 Å². The lowest BCUT2D eigenvalue weighted by Crippen LogP contribution is -2.44. The molecule has 126 valence electrons. The molecule has 23 heavy (non-hydrogen) atoms. The van der Waals surface area contributed by atoms with Gasteiger partial charge in [-0.1, -0.05) is 6.07 Å². The fourth-order valence-corrected chi connectivity index (χ4v) is 3.55. The molecule has 2 fully saturated rings. The van der Waals surface area contributed by atoms with Crippen LogP contribution in [0.4, 0.5) is 4.39 Å². The smallest absolute Gasteiger partial charge is 0.191 e. The third-order valence-electron chi connectivity index (χ3n) is 4.65. The monoisotopic (exact) mass is 382 g/mol. The minimum Gasteiger partial charge on any atom is -0.352 e. The summed E-state index contributed by atoms with van der Waals surface area (Å²) in [4.78, 5) is 6.90. The molecule has 0 bridgehead atoms. The molecule has 2 atom stereocenters. The fraction of sp³-hybridized carbons (Fsp3) is 0.588. The lowest BCUT2D eigenvalue weighted by molar-refractivity contribution is 0.256. The van der Waals surface area contributed by atoms with E-state index in [-0.39, 0.29) is 5.82 Å². The van der Waals surface area contributed by atoms with E-state index in [1.165, 1.54) is 18.9 Å². The van der Waals surface area contributed by atoms with E-state index in [1.54, 1.807) is 13.1 Å². The van der Waals surface area contributed by atoms with Gasteiger partial charge in [0.2, 0.25) is 0 Å². The van der Waals surface area contributed by atoms with Gasteiger partial charge in [-0.3, -0.25) is 9.89 Å². The van der Waals surface area contributed by atoms with Gasteiger partial charge in [-0.25, -0.2) is 4.39 Å². The van der Waals surface area contributed by atoms with E-state index in [0.717, 1.165) is 30.5 Å². The molecule has 2 N–H and O–H groups in total. The molecule has 1 aliphatic heterocycles. The second-order valence-electron chi connectivity index (χ2n) is 6.53. The van der Waals surface area contributed by atoms with Gasteiger partial charge in [0.15, 0.2) is 5.96 Å². The number of hydrogen-bond donors (Lipinski definition) is 2. The van der Waals surface area contributed by atoms with Crippen LogP contribution in [0.1, 0.15) is 31.7 Å². The molecule has 1 aromatic rings. The van der Waals surface area contributed by atoms with Gasteiger partial charge >= 0.3 is 0 Å². The highest BCUT2D eigenvalue weighted by atomic mass is 79.9. The molecule has 2 unspecified atom stereocenters. The number of halogens is 2. The highest BCUT2D eigenvalue weighted by Gasteiger charge is 2.38. The maximum atomic E-state index is 13.6. The first kappa shape index (κ1) is 16.7. The zero-order valence-electron chi connectivity index (χ0n) is 13.6. The summed E-state index contributed by atoms with van der Waals surface area (Å²) in [6.07, 6.45) is 3.84. The van der Waals surface area contributed by atoms with Crippen LogP contribution in [0.15, 0.2) is 27.7 Å².